The van der Waals surface area contributed by atoms with E-state index in [1.54, 1.807) is 0 Å². The minimum Gasteiger partial charge on any atom is -0.350 e. The molecule has 0 saturated heterocycles. The number of hydrogen-bond donors (Lipinski definition) is 2. The lowest BCUT2D eigenvalue weighted by Gasteiger charge is -2.11. The van der Waals surface area contributed by atoms with Gasteiger partial charge in [-0.05, 0) is 6.07 Å². The summed E-state index contributed by atoms with van der Waals surface area (Å²) in [4.78, 5) is 17.1. The van der Waals surface area contributed by atoms with Crippen LogP contribution in [0.4, 0.5) is 23.9 Å². The monoisotopic (exact) mass is 238 g/mol. The van der Waals surface area contributed by atoms with E-state index in [4.69, 9.17) is 5.73 Å². The molecule has 0 aliphatic carbocycles. The van der Waals surface area contributed by atoms with E-state index in [2.05, 4.69) is 22.8 Å². The summed E-state index contributed by atoms with van der Waals surface area (Å²) in [5.41, 5.74) is 3.60. The largest absolute Gasteiger partial charge is 0.433 e. The molecule has 0 aromatic carbocycles. The zero-order valence-electron chi connectivity index (χ0n) is 7.06. The van der Waals surface area contributed by atoms with Gasteiger partial charge in [0.1, 0.15) is 5.69 Å². The van der Waals surface area contributed by atoms with Crippen molar-refractivity contribution in [3.8, 4) is 0 Å². The lowest BCUT2D eigenvalue weighted by atomic mass is 10.4. The van der Waals surface area contributed by atoms with Crippen molar-refractivity contribution in [3.63, 3.8) is 0 Å². The van der Waals surface area contributed by atoms with Crippen molar-refractivity contribution in [2.75, 3.05) is 4.31 Å². The second-order valence-corrected chi connectivity index (χ2v) is 2.79. The summed E-state index contributed by atoms with van der Waals surface area (Å²) in [5, 5.41) is 0. The van der Waals surface area contributed by atoms with Gasteiger partial charge in [0, 0.05) is 6.20 Å². The highest BCUT2D eigenvalue weighted by Crippen LogP contribution is 2.28. The average molecular weight is 238 g/mol. The second-order valence-electron chi connectivity index (χ2n) is 2.39. The van der Waals surface area contributed by atoms with E-state index in [0.717, 1.165) is 6.20 Å². The summed E-state index contributed by atoms with van der Waals surface area (Å²) in [7, 11) is 0. The number of nitrogens with zero attached hydrogens (tertiary/aromatic N) is 3. The number of alkyl halides is 3. The Hall–Kier alpha value is -1.51. The zero-order valence-corrected chi connectivity index (χ0v) is 7.96. The van der Waals surface area contributed by atoms with E-state index in [9.17, 15) is 18.0 Å². The van der Waals surface area contributed by atoms with E-state index in [-0.39, 0.29) is 0 Å². The van der Waals surface area contributed by atoms with Gasteiger partial charge in [0.2, 0.25) is 5.95 Å². The minimum absolute atomic E-state index is 0.412. The van der Waals surface area contributed by atoms with Crippen LogP contribution in [-0.4, -0.2) is 16.0 Å². The fourth-order valence-electron chi connectivity index (χ4n) is 0.707. The summed E-state index contributed by atoms with van der Waals surface area (Å²) >= 11 is 3.52. The Morgan fingerprint density at radius 1 is 1.53 bits per heavy atom. The molecule has 0 bridgehead atoms. The number of thiol groups is 1. The summed E-state index contributed by atoms with van der Waals surface area (Å²) in [6, 6.07) is -0.399. The Balaban J connectivity index is 3.08. The number of primary amides is 1. The van der Waals surface area contributed by atoms with Gasteiger partial charge in [-0.2, -0.15) is 13.2 Å². The Morgan fingerprint density at radius 3 is 2.60 bits per heavy atom. The fraction of sp³-hybridized carbons (Fsp3) is 0.167. The molecule has 0 fully saturated rings. The molecule has 1 aromatic rings. The molecule has 9 heteroatoms. The Bertz CT molecular complexity index is 383. The number of aromatic nitrogens is 2. The highest BCUT2D eigenvalue weighted by molar-refractivity contribution is 7.82. The predicted octanol–water partition coefficient (Wildman–Crippen LogP) is 1.23. The highest BCUT2D eigenvalue weighted by Gasteiger charge is 2.33. The summed E-state index contributed by atoms with van der Waals surface area (Å²) in [6.07, 6.45) is -3.75. The maximum Gasteiger partial charge on any atom is 0.433 e. The van der Waals surface area contributed by atoms with Crippen molar-refractivity contribution in [1.82, 2.24) is 9.97 Å². The molecule has 0 aliphatic rings. The van der Waals surface area contributed by atoms with Crippen LogP contribution >= 0.6 is 12.8 Å². The molecule has 2 N–H and O–H groups in total. The standard InChI is InChI=1S/C6H5F3N4OS/c7-6(8,9)3-1-2-11-5(12-3)13(15)4(10)14/h1-2,15H,(H2,10,14). The van der Waals surface area contributed by atoms with Gasteiger partial charge in [0.05, 0.1) is 0 Å². The quantitative estimate of drug-likeness (QED) is 0.722. The third-order valence-corrected chi connectivity index (χ3v) is 1.71. The van der Waals surface area contributed by atoms with Gasteiger partial charge in [-0.3, -0.25) is 0 Å². The van der Waals surface area contributed by atoms with E-state index in [1.807, 2.05) is 0 Å². The molecule has 1 rings (SSSR count). The molecule has 0 saturated carbocycles. The molecule has 0 atom stereocenters. The van der Waals surface area contributed by atoms with Gasteiger partial charge >= 0.3 is 12.2 Å². The van der Waals surface area contributed by atoms with Gasteiger partial charge in [0.25, 0.3) is 0 Å². The number of hydrogen-bond acceptors (Lipinski definition) is 4. The molecule has 1 heterocycles. The fourth-order valence-corrected chi connectivity index (χ4v) is 0.803. The maximum absolute atomic E-state index is 12.2. The Labute approximate surface area is 87.6 Å². The molecule has 0 radical (unpaired) electrons. The van der Waals surface area contributed by atoms with Gasteiger partial charge in [-0.1, -0.05) is 12.8 Å². The first-order valence-electron chi connectivity index (χ1n) is 3.51. The number of halogens is 3. The molecular formula is C6H5F3N4OS. The molecule has 0 unspecified atom stereocenters. The molecular weight excluding hydrogens is 233 g/mol. The summed E-state index contributed by atoms with van der Waals surface area (Å²) < 4.78 is 37.0. The smallest absolute Gasteiger partial charge is 0.350 e. The number of urea groups is 1. The molecule has 5 nitrogen and oxygen atoms in total. The molecule has 2 amide bonds. The summed E-state index contributed by atoms with van der Waals surface area (Å²) in [5.74, 6) is -0.527. The Morgan fingerprint density at radius 2 is 2.13 bits per heavy atom. The van der Waals surface area contributed by atoms with Gasteiger partial charge < -0.3 is 5.73 Å². The SMILES string of the molecule is NC(=O)N(S)c1nccc(C(F)(F)F)n1. The van der Waals surface area contributed by atoms with Crippen LogP contribution in [0.3, 0.4) is 0 Å². The van der Waals surface area contributed by atoms with Crippen molar-refractivity contribution < 1.29 is 18.0 Å². The van der Waals surface area contributed by atoms with E-state index >= 15 is 0 Å². The second kappa shape index (κ2) is 3.93. The zero-order chi connectivity index (χ0) is 11.6. The normalized spacial score (nSPS) is 11.2. The maximum atomic E-state index is 12.2. The third-order valence-electron chi connectivity index (χ3n) is 1.33. The van der Waals surface area contributed by atoms with Crippen LogP contribution in [0.15, 0.2) is 12.3 Å². The summed E-state index contributed by atoms with van der Waals surface area (Å²) in [6.45, 7) is 0. The average Bonchev–Trinajstić information content (AvgIpc) is 2.15. The van der Waals surface area contributed by atoms with Crippen molar-refractivity contribution in [2.24, 2.45) is 5.73 Å². The van der Waals surface area contributed by atoms with Gasteiger partial charge in [-0.15, -0.1) is 0 Å². The molecule has 82 valence electrons. The number of amides is 2. The Kier molecular flexibility index (Phi) is 3.03. The van der Waals surface area contributed by atoms with Crippen molar-refractivity contribution >= 4 is 24.8 Å². The number of rotatable bonds is 1. The van der Waals surface area contributed by atoms with Crippen LogP contribution in [0.25, 0.3) is 0 Å². The third kappa shape index (κ3) is 2.72. The highest BCUT2D eigenvalue weighted by atomic mass is 32.1. The van der Waals surface area contributed by atoms with Gasteiger partial charge in [0.15, 0.2) is 0 Å². The number of carbonyl (C=O) groups excluding carboxylic acids is 1. The van der Waals surface area contributed by atoms with Crippen LogP contribution in [0.5, 0.6) is 0 Å². The molecule has 1 aromatic heterocycles. The van der Waals surface area contributed by atoms with Crippen LogP contribution < -0.4 is 10.0 Å². The van der Waals surface area contributed by atoms with E-state index in [0.29, 0.717) is 10.4 Å². The molecule has 15 heavy (non-hydrogen) atoms. The lowest BCUT2D eigenvalue weighted by molar-refractivity contribution is -0.141. The molecule has 0 spiro atoms. The van der Waals surface area contributed by atoms with Gasteiger partial charge in [-0.25, -0.2) is 19.1 Å². The predicted molar refractivity (Wildman–Crippen MR) is 48.1 cm³/mol. The van der Waals surface area contributed by atoms with Crippen LogP contribution in [0, 0.1) is 0 Å². The van der Waals surface area contributed by atoms with E-state index in [1.165, 1.54) is 0 Å². The van der Waals surface area contributed by atoms with Crippen LogP contribution in [0.2, 0.25) is 0 Å². The first kappa shape index (κ1) is 11.6. The van der Waals surface area contributed by atoms with Crippen molar-refractivity contribution in [2.45, 2.75) is 6.18 Å². The first-order valence-corrected chi connectivity index (χ1v) is 3.91. The number of nitrogens with two attached hydrogens (primary N) is 1. The van der Waals surface area contributed by atoms with Crippen LogP contribution in [-0.2, 0) is 6.18 Å². The van der Waals surface area contributed by atoms with Crippen molar-refractivity contribution in [3.05, 3.63) is 18.0 Å². The topological polar surface area (TPSA) is 72.1 Å². The van der Waals surface area contributed by atoms with Crippen LogP contribution in [0.1, 0.15) is 5.69 Å². The first-order chi connectivity index (χ1) is 6.82. The van der Waals surface area contributed by atoms with E-state index < -0.39 is 23.8 Å². The number of anilines is 1. The molecule has 0 aliphatic heterocycles. The number of carbonyl (C=O) groups is 1. The lowest BCUT2D eigenvalue weighted by Crippen LogP contribution is -2.29. The minimum atomic E-state index is -4.61. The van der Waals surface area contributed by atoms with Crippen molar-refractivity contribution in [1.29, 1.82) is 0 Å².